The van der Waals surface area contributed by atoms with Gasteiger partial charge >= 0.3 is 0 Å². The van der Waals surface area contributed by atoms with Crippen LogP contribution in [0.5, 0.6) is 5.75 Å². The van der Waals surface area contributed by atoms with E-state index >= 15 is 0 Å². The number of rotatable bonds is 4. The van der Waals surface area contributed by atoms with E-state index in [-0.39, 0.29) is 11.7 Å². The summed E-state index contributed by atoms with van der Waals surface area (Å²) in [5.41, 5.74) is 0.989. The number of carbonyl (C=O) groups excluding carboxylic acids is 1. The molecule has 4 nitrogen and oxygen atoms in total. The lowest BCUT2D eigenvalue weighted by atomic mass is 9.68. The number of hydrogen-bond donors (Lipinski definition) is 1. The second kappa shape index (κ2) is 7.58. The molecule has 1 saturated carbocycles. The van der Waals surface area contributed by atoms with Crippen LogP contribution >= 0.6 is 0 Å². The fraction of sp³-hybridized carbons (Fsp3) is 0.304. The number of nitrogens with one attached hydrogen (secondary N) is 1. The van der Waals surface area contributed by atoms with Crippen LogP contribution < -0.4 is 10.1 Å². The number of halogens is 1. The van der Waals surface area contributed by atoms with Crippen molar-refractivity contribution in [1.82, 2.24) is 4.98 Å². The standard InChI is InChI=1S/C23H23FN2O2/c1-28-20-12-11-19(16-8-7-15-25-21(16)20)26-22(27)23(13-5-2-6-14-23)17-9-3-4-10-18(17)24/h3-4,7-12,15H,2,5-6,13-14H2,1H3,(H,26,27). The van der Waals surface area contributed by atoms with Crippen molar-refractivity contribution in [2.45, 2.75) is 37.5 Å². The van der Waals surface area contributed by atoms with E-state index in [1.165, 1.54) is 6.07 Å². The number of anilines is 1. The second-order valence-electron chi connectivity index (χ2n) is 7.29. The summed E-state index contributed by atoms with van der Waals surface area (Å²) in [6.07, 6.45) is 5.87. The lowest BCUT2D eigenvalue weighted by molar-refractivity contribution is -0.122. The number of fused-ring (bicyclic) bond motifs is 1. The number of carbonyl (C=O) groups is 1. The van der Waals surface area contributed by atoms with E-state index in [4.69, 9.17) is 4.74 Å². The molecule has 144 valence electrons. The highest BCUT2D eigenvalue weighted by atomic mass is 19.1. The van der Waals surface area contributed by atoms with Gasteiger partial charge in [0, 0.05) is 17.1 Å². The Bertz CT molecular complexity index is 1010. The minimum absolute atomic E-state index is 0.160. The Morgan fingerprint density at radius 2 is 1.86 bits per heavy atom. The third kappa shape index (κ3) is 3.11. The Morgan fingerprint density at radius 1 is 1.07 bits per heavy atom. The molecule has 5 heteroatoms. The number of hydrogen-bond acceptors (Lipinski definition) is 3. The number of benzene rings is 2. The smallest absolute Gasteiger partial charge is 0.235 e. The number of amides is 1. The van der Waals surface area contributed by atoms with Crippen molar-refractivity contribution < 1.29 is 13.9 Å². The Hall–Kier alpha value is -2.95. The third-order valence-electron chi connectivity index (χ3n) is 5.73. The first-order chi connectivity index (χ1) is 13.7. The molecule has 0 aliphatic heterocycles. The van der Waals surface area contributed by atoms with E-state index in [9.17, 15) is 9.18 Å². The molecule has 1 fully saturated rings. The van der Waals surface area contributed by atoms with Crippen molar-refractivity contribution in [2.24, 2.45) is 0 Å². The maximum absolute atomic E-state index is 14.7. The van der Waals surface area contributed by atoms with Gasteiger partial charge in [0.1, 0.15) is 17.1 Å². The van der Waals surface area contributed by atoms with Crippen molar-refractivity contribution >= 4 is 22.5 Å². The molecule has 28 heavy (non-hydrogen) atoms. The average Bonchev–Trinajstić information content (AvgIpc) is 2.74. The van der Waals surface area contributed by atoms with Gasteiger partial charge in [-0.1, -0.05) is 37.5 Å². The molecule has 3 aromatic rings. The largest absolute Gasteiger partial charge is 0.494 e. The molecule has 0 radical (unpaired) electrons. The molecule has 1 aliphatic carbocycles. The molecule has 1 N–H and O–H groups in total. The molecule has 0 bridgehead atoms. The molecule has 1 aromatic heterocycles. The van der Waals surface area contributed by atoms with Gasteiger partial charge in [-0.05, 0) is 43.2 Å². The second-order valence-corrected chi connectivity index (χ2v) is 7.29. The quantitative estimate of drug-likeness (QED) is 0.677. The number of pyridine rings is 1. The zero-order valence-electron chi connectivity index (χ0n) is 15.9. The molecular formula is C23H23FN2O2. The molecule has 0 unspecified atom stereocenters. The monoisotopic (exact) mass is 378 g/mol. The molecule has 0 spiro atoms. The number of nitrogens with zero attached hydrogens (tertiary/aromatic N) is 1. The molecular weight excluding hydrogens is 355 g/mol. The van der Waals surface area contributed by atoms with Gasteiger partial charge in [0.15, 0.2) is 0 Å². The lowest BCUT2D eigenvalue weighted by Crippen LogP contribution is -2.42. The predicted molar refractivity (Wildman–Crippen MR) is 108 cm³/mol. The maximum atomic E-state index is 14.7. The molecule has 1 heterocycles. The molecule has 2 aromatic carbocycles. The van der Waals surface area contributed by atoms with E-state index in [0.717, 1.165) is 24.6 Å². The molecule has 0 atom stereocenters. The van der Waals surface area contributed by atoms with Gasteiger partial charge in [0.2, 0.25) is 5.91 Å². The number of ether oxygens (including phenoxy) is 1. The van der Waals surface area contributed by atoms with Crippen LogP contribution in [0.4, 0.5) is 10.1 Å². The fourth-order valence-corrected chi connectivity index (χ4v) is 4.29. The summed E-state index contributed by atoms with van der Waals surface area (Å²) in [7, 11) is 1.59. The van der Waals surface area contributed by atoms with Crippen molar-refractivity contribution in [2.75, 3.05) is 12.4 Å². The predicted octanol–water partition coefficient (Wildman–Crippen LogP) is 5.22. The molecule has 1 amide bonds. The number of methoxy groups -OCH3 is 1. The van der Waals surface area contributed by atoms with E-state index in [0.29, 0.717) is 35.4 Å². The maximum Gasteiger partial charge on any atom is 0.235 e. The van der Waals surface area contributed by atoms with Gasteiger partial charge in [-0.3, -0.25) is 9.78 Å². The molecule has 0 saturated heterocycles. The fourth-order valence-electron chi connectivity index (χ4n) is 4.29. The zero-order chi connectivity index (χ0) is 19.6. The van der Waals surface area contributed by atoms with Crippen LogP contribution in [0.1, 0.15) is 37.7 Å². The zero-order valence-corrected chi connectivity index (χ0v) is 15.9. The van der Waals surface area contributed by atoms with Gasteiger partial charge in [-0.2, -0.15) is 0 Å². The van der Waals surface area contributed by atoms with Crippen molar-refractivity contribution in [1.29, 1.82) is 0 Å². The van der Waals surface area contributed by atoms with Crippen molar-refractivity contribution in [3.05, 3.63) is 66.1 Å². The highest BCUT2D eigenvalue weighted by Gasteiger charge is 2.43. The van der Waals surface area contributed by atoms with E-state index in [2.05, 4.69) is 10.3 Å². The van der Waals surface area contributed by atoms with Crippen LogP contribution in [0.2, 0.25) is 0 Å². The minimum Gasteiger partial charge on any atom is -0.494 e. The summed E-state index contributed by atoms with van der Waals surface area (Å²) in [6.45, 7) is 0. The van der Waals surface area contributed by atoms with Crippen molar-refractivity contribution in [3.63, 3.8) is 0 Å². The highest BCUT2D eigenvalue weighted by molar-refractivity contribution is 6.06. The summed E-state index contributed by atoms with van der Waals surface area (Å²) in [6, 6.07) is 14.0. The van der Waals surface area contributed by atoms with Gasteiger partial charge in [0.05, 0.1) is 18.2 Å². The topological polar surface area (TPSA) is 51.2 Å². The molecule has 1 aliphatic rings. The van der Waals surface area contributed by atoms with Crippen LogP contribution in [0.25, 0.3) is 10.9 Å². The normalized spacial score (nSPS) is 15.9. The van der Waals surface area contributed by atoms with E-state index in [1.807, 2.05) is 18.2 Å². The van der Waals surface area contributed by atoms with Crippen LogP contribution in [0.15, 0.2) is 54.7 Å². The van der Waals surface area contributed by atoms with Gasteiger partial charge in [-0.15, -0.1) is 0 Å². The van der Waals surface area contributed by atoms with Crippen LogP contribution in [-0.2, 0) is 10.2 Å². The van der Waals surface area contributed by atoms with Gasteiger partial charge in [-0.25, -0.2) is 4.39 Å². The third-order valence-corrected chi connectivity index (χ3v) is 5.73. The average molecular weight is 378 g/mol. The SMILES string of the molecule is COc1ccc(NC(=O)C2(c3ccccc3F)CCCCC2)c2cccnc12. The van der Waals surface area contributed by atoms with Crippen molar-refractivity contribution in [3.8, 4) is 5.75 Å². The van der Waals surface area contributed by atoms with E-state index < -0.39 is 5.41 Å². The van der Waals surface area contributed by atoms with Crippen LogP contribution in [0.3, 0.4) is 0 Å². The van der Waals surface area contributed by atoms with Crippen LogP contribution in [0, 0.1) is 5.82 Å². The Kier molecular flexibility index (Phi) is 4.99. The Morgan fingerprint density at radius 3 is 2.61 bits per heavy atom. The van der Waals surface area contributed by atoms with E-state index in [1.54, 1.807) is 37.6 Å². The summed E-state index contributed by atoms with van der Waals surface area (Å²) >= 11 is 0. The lowest BCUT2D eigenvalue weighted by Gasteiger charge is -2.36. The summed E-state index contributed by atoms with van der Waals surface area (Å²) in [5.74, 6) is 0.170. The number of aromatic nitrogens is 1. The van der Waals surface area contributed by atoms with Gasteiger partial charge in [0.25, 0.3) is 0 Å². The summed E-state index contributed by atoms with van der Waals surface area (Å²) in [5, 5.41) is 3.87. The summed E-state index contributed by atoms with van der Waals surface area (Å²) < 4.78 is 20.0. The Balaban J connectivity index is 1.76. The Labute approximate surface area is 163 Å². The highest BCUT2D eigenvalue weighted by Crippen LogP contribution is 2.42. The first-order valence-electron chi connectivity index (χ1n) is 9.64. The van der Waals surface area contributed by atoms with Crippen LogP contribution in [-0.4, -0.2) is 18.0 Å². The minimum atomic E-state index is -0.849. The first kappa shape index (κ1) is 18.4. The molecule has 4 rings (SSSR count). The summed E-state index contributed by atoms with van der Waals surface area (Å²) in [4.78, 5) is 17.9. The van der Waals surface area contributed by atoms with Gasteiger partial charge < -0.3 is 10.1 Å². The first-order valence-corrected chi connectivity index (χ1v) is 9.64.